The summed E-state index contributed by atoms with van der Waals surface area (Å²) in [6, 6.07) is 2.22. The van der Waals surface area contributed by atoms with Crippen molar-refractivity contribution in [3.05, 3.63) is 33.5 Å². The molecule has 1 unspecified atom stereocenters. The Kier molecular flexibility index (Phi) is 4.72. The first kappa shape index (κ1) is 15.6. The summed E-state index contributed by atoms with van der Waals surface area (Å²) in [6.45, 7) is 0.0242. The minimum Gasteiger partial charge on any atom is -0.357 e. The number of fused-ring (bicyclic) bond motifs is 1. The molecule has 1 aromatic carbocycles. The quantitative estimate of drug-likeness (QED) is 0.815. The molecule has 1 aliphatic rings. The van der Waals surface area contributed by atoms with Crippen LogP contribution in [0.3, 0.4) is 0 Å². The third-order valence-electron chi connectivity index (χ3n) is 3.50. The van der Waals surface area contributed by atoms with Crippen molar-refractivity contribution in [1.29, 1.82) is 0 Å². The third kappa shape index (κ3) is 2.83. The first-order valence-corrected chi connectivity index (χ1v) is 7.23. The summed E-state index contributed by atoms with van der Waals surface area (Å²) in [4.78, 5) is 36.1. The van der Waals surface area contributed by atoms with E-state index in [0.29, 0.717) is 6.29 Å². The topological polar surface area (TPSA) is 66.5 Å². The minimum atomic E-state index is -0.779. The van der Waals surface area contributed by atoms with Crippen LogP contribution in [-0.2, 0) is 16.1 Å². The standard InChI is InChI=1S/C14H14BrFN2O3/c1-17-13(20)11(3-2-6-19)18-7-9-8(14(18)21)4-5-10(15)12(9)16/h4-6,11H,2-3,7H2,1H3,(H,17,20). The van der Waals surface area contributed by atoms with E-state index in [0.717, 1.165) is 0 Å². The van der Waals surface area contributed by atoms with Crippen LogP contribution in [0.4, 0.5) is 4.39 Å². The van der Waals surface area contributed by atoms with Gasteiger partial charge in [0.05, 0.1) is 11.0 Å². The van der Waals surface area contributed by atoms with Crippen LogP contribution in [0.5, 0.6) is 0 Å². The lowest BCUT2D eigenvalue weighted by Gasteiger charge is -2.25. The summed E-state index contributed by atoms with van der Waals surface area (Å²) in [7, 11) is 1.46. The van der Waals surface area contributed by atoms with Crippen molar-refractivity contribution in [2.45, 2.75) is 25.4 Å². The molecule has 2 amide bonds. The van der Waals surface area contributed by atoms with E-state index in [2.05, 4.69) is 21.2 Å². The highest BCUT2D eigenvalue weighted by atomic mass is 79.9. The van der Waals surface area contributed by atoms with E-state index in [1.807, 2.05) is 0 Å². The Labute approximate surface area is 129 Å². The number of rotatable bonds is 5. The molecule has 1 aliphatic heterocycles. The van der Waals surface area contributed by atoms with E-state index >= 15 is 0 Å². The van der Waals surface area contributed by atoms with Crippen molar-refractivity contribution in [3.63, 3.8) is 0 Å². The van der Waals surface area contributed by atoms with Gasteiger partial charge in [0.25, 0.3) is 5.91 Å². The number of likely N-dealkylation sites (N-methyl/N-ethyl adjacent to an activating group) is 1. The summed E-state index contributed by atoms with van der Waals surface area (Å²) < 4.78 is 14.3. The molecule has 1 atom stereocenters. The van der Waals surface area contributed by atoms with Crippen LogP contribution < -0.4 is 5.32 Å². The molecule has 1 aromatic rings. The van der Waals surface area contributed by atoms with Crippen molar-refractivity contribution < 1.29 is 18.8 Å². The van der Waals surface area contributed by atoms with E-state index < -0.39 is 17.8 Å². The molecule has 1 N–H and O–H groups in total. The molecule has 2 rings (SSSR count). The number of hydrogen-bond donors (Lipinski definition) is 1. The average Bonchev–Trinajstić information content (AvgIpc) is 2.81. The molecule has 0 fully saturated rings. The Hall–Kier alpha value is -1.76. The second-order valence-corrected chi connectivity index (χ2v) is 5.55. The van der Waals surface area contributed by atoms with Crippen molar-refractivity contribution in [3.8, 4) is 0 Å². The van der Waals surface area contributed by atoms with Crippen molar-refractivity contribution in [2.24, 2.45) is 0 Å². The van der Waals surface area contributed by atoms with Gasteiger partial charge in [-0.3, -0.25) is 9.59 Å². The van der Waals surface area contributed by atoms with Crippen LogP contribution >= 0.6 is 15.9 Å². The maximum absolute atomic E-state index is 14.1. The molecule has 0 saturated carbocycles. The van der Waals surface area contributed by atoms with Gasteiger partial charge in [-0.15, -0.1) is 0 Å². The zero-order chi connectivity index (χ0) is 15.6. The molecule has 7 heteroatoms. The summed E-state index contributed by atoms with van der Waals surface area (Å²) >= 11 is 3.08. The lowest BCUT2D eigenvalue weighted by molar-refractivity contribution is -0.125. The Morgan fingerprint density at radius 1 is 1.57 bits per heavy atom. The summed E-state index contributed by atoms with van der Waals surface area (Å²) in [6.07, 6.45) is 1.07. The van der Waals surface area contributed by atoms with E-state index in [4.69, 9.17) is 0 Å². The highest BCUT2D eigenvalue weighted by molar-refractivity contribution is 9.10. The number of nitrogens with one attached hydrogen (secondary N) is 1. The van der Waals surface area contributed by atoms with Gasteiger partial charge in [0.2, 0.25) is 5.91 Å². The maximum Gasteiger partial charge on any atom is 0.255 e. The summed E-state index contributed by atoms with van der Waals surface area (Å²) in [5.74, 6) is -1.25. The highest BCUT2D eigenvalue weighted by Crippen LogP contribution is 2.31. The van der Waals surface area contributed by atoms with Crippen molar-refractivity contribution >= 4 is 34.0 Å². The maximum atomic E-state index is 14.1. The number of amides is 2. The van der Waals surface area contributed by atoms with Crippen LogP contribution in [0.25, 0.3) is 0 Å². The van der Waals surface area contributed by atoms with E-state index in [1.165, 1.54) is 24.1 Å². The fourth-order valence-electron chi connectivity index (χ4n) is 2.42. The molecule has 0 radical (unpaired) electrons. The Balaban J connectivity index is 2.33. The lowest BCUT2D eigenvalue weighted by Crippen LogP contribution is -2.46. The smallest absolute Gasteiger partial charge is 0.255 e. The molecule has 0 aliphatic carbocycles. The van der Waals surface area contributed by atoms with Crippen LogP contribution in [-0.4, -0.2) is 36.1 Å². The van der Waals surface area contributed by atoms with E-state index in [1.54, 1.807) is 0 Å². The SMILES string of the molecule is CNC(=O)C(CCC=O)N1Cc2c(ccc(Br)c2F)C1=O. The highest BCUT2D eigenvalue weighted by Gasteiger charge is 2.37. The molecule has 0 spiro atoms. The molecule has 0 bridgehead atoms. The summed E-state index contributed by atoms with van der Waals surface area (Å²) in [5.41, 5.74) is 0.532. The normalized spacial score (nSPS) is 14.8. The van der Waals surface area contributed by atoms with Gasteiger partial charge >= 0.3 is 0 Å². The van der Waals surface area contributed by atoms with Crippen molar-refractivity contribution in [1.82, 2.24) is 10.2 Å². The van der Waals surface area contributed by atoms with Gasteiger partial charge in [-0.05, 0) is 34.5 Å². The molecule has 5 nitrogen and oxygen atoms in total. The monoisotopic (exact) mass is 356 g/mol. The van der Waals surface area contributed by atoms with Gasteiger partial charge in [-0.25, -0.2) is 4.39 Å². The molecule has 0 aromatic heterocycles. The van der Waals surface area contributed by atoms with Crippen molar-refractivity contribution in [2.75, 3.05) is 7.05 Å². The molecule has 21 heavy (non-hydrogen) atoms. The third-order valence-corrected chi connectivity index (χ3v) is 4.11. The first-order chi connectivity index (χ1) is 10.0. The number of benzene rings is 1. The zero-order valence-corrected chi connectivity index (χ0v) is 12.9. The molecule has 0 saturated heterocycles. The van der Waals surface area contributed by atoms with Gasteiger partial charge in [0.1, 0.15) is 18.1 Å². The van der Waals surface area contributed by atoms with Gasteiger partial charge < -0.3 is 15.0 Å². The van der Waals surface area contributed by atoms with Crippen LogP contribution in [0, 0.1) is 5.82 Å². The number of aldehydes is 1. The number of carbonyl (C=O) groups excluding carboxylic acids is 3. The number of carbonyl (C=O) groups is 3. The Morgan fingerprint density at radius 2 is 2.29 bits per heavy atom. The number of halogens is 2. The largest absolute Gasteiger partial charge is 0.357 e. The zero-order valence-electron chi connectivity index (χ0n) is 11.4. The number of hydrogen-bond acceptors (Lipinski definition) is 3. The fraction of sp³-hybridized carbons (Fsp3) is 0.357. The Bertz CT molecular complexity index is 606. The van der Waals surface area contributed by atoms with Gasteiger partial charge in [-0.1, -0.05) is 0 Å². The first-order valence-electron chi connectivity index (χ1n) is 6.44. The summed E-state index contributed by atoms with van der Waals surface area (Å²) in [5, 5.41) is 2.47. The Morgan fingerprint density at radius 3 is 2.90 bits per heavy atom. The van der Waals surface area contributed by atoms with Crippen LogP contribution in [0.15, 0.2) is 16.6 Å². The van der Waals surface area contributed by atoms with E-state index in [9.17, 15) is 18.8 Å². The second kappa shape index (κ2) is 6.34. The fourth-order valence-corrected chi connectivity index (χ4v) is 2.79. The average molecular weight is 357 g/mol. The molecule has 1 heterocycles. The molecule has 112 valence electrons. The number of nitrogens with zero attached hydrogens (tertiary/aromatic N) is 1. The predicted octanol–water partition coefficient (Wildman–Crippen LogP) is 1.64. The molecular formula is C14H14BrFN2O3. The van der Waals surface area contributed by atoms with Crippen LogP contribution in [0.1, 0.15) is 28.8 Å². The second-order valence-electron chi connectivity index (χ2n) is 4.69. The minimum absolute atomic E-state index is 0.0242. The van der Waals surface area contributed by atoms with E-state index in [-0.39, 0.29) is 40.9 Å². The van der Waals surface area contributed by atoms with Crippen LogP contribution in [0.2, 0.25) is 0 Å². The predicted molar refractivity (Wildman–Crippen MR) is 77.1 cm³/mol. The lowest BCUT2D eigenvalue weighted by atomic mass is 10.1. The van der Waals surface area contributed by atoms with Gasteiger partial charge in [0.15, 0.2) is 0 Å². The van der Waals surface area contributed by atoms with Gasteiger partial charge in [0, 0.05) is 24.6 Å². The van der Waals surface area contributed by atoms with Gasteiger partial charge in [-0.2, -0.15) is 0 Å². The molecular weight excluding hydrogens is 343 g/mol.